The molecule has 0 amide bonds. The molecule has 0 unspecified atom stereocenters. The number of pyridine rings is 1. The molecule has 0 aliphatic carbocycles. The summed E-state index contributed by atoms with van der Waals surface area (Å²) in [6.45, 7) is 3.95. The predicted octanol–water partition coefficient (Wildman–Crippen LogP) is 2.73. The Morgan fingerprint density at radius 2 is 2.13 bits per heavy atom. The van der Waals surface area contributed by atoms with Crippen LogP contribution in [0.2, 0.25) is 0 Å². The Hall–Kier alpha value is -1.00. The molecule has 0 bridgehead atoms. The van der Waals surface area contributed by atoms with E-state index in [1.807, 2.05) is 32.0 Å². The first-order valence-corrected chi connectivity index (χ1v) is 6.58. The van der Waals surface area contributed by atoms with E-state index < -0.39 is 18.3 Å². The zero-order valence-corrected chi connectivity index (χ0v) is 11.0. The molecule has 4 heteroatoms. The van der Waals surface area contributed by atoms with Gasteiger partial charge >= 0.3 is 96.1 Å². The van der Waals surface area contributed by atoms with Crippen molar-refractivity contribution in [1.82, 2.24) is 4.98 Å². The summed E-state index contributed by atoms with van der Waals surface area (Å²) in [7, 11) is 0. The monoisotopic (exact) mass is 260 g/mol. The number of nitrogens with zero attached hydrogens (tertiary/aromatic N) is 1. The quantitative estimate of drug-likeness (QED) is 0.775. The van der Waals surface area contributed by atoms with Gasteiger partial charge in [0, 0.05) is 0 Å². The fourth-order valence-electron chi connectivity index (χ4n) is 1.70. The van der Waals surface area contributed by atoms with Crippen LogP contribution in [0.1, 0.15) is 11.3 Å². The molecule has 0 fully saturated rings. The van der Waals surface area contributed by atoms with Gasteiger partial charge in [-0.1, -0.05) is 0 Å². The van der Waals surface area contributed by atoms with Crippen LogP contribution in [0.3, 0.4) is 0 Å². The number of benzene rings is 1. The van der Waals surface area contributed by atoms with E-state index in [2.05, 4.69) is 4.98 Å². The normalized spacial score (nSPS) is 10.3. The van der Waals surface area contributed by atoms with Gasteiger partial charge in [0.05, 0.1) is 0 Å². The maximum absolute atomic E-state index is 12.3. The zero-order chi connectivity index (χ0) is 10.8. The average Bonchev–Trinajstić information content (AvgIpc) is 2.19. The summed E-state index contributed by atoms with van der Waals surface area (Å²) in [6, 6.07) is 7.63. The minimum atomic E-state index is -2.08. The molecule has 2 aromatic rings. The second-order valence-corrected chi connectivity index (χ2v) is 4.31. The van der Waals surface area contributed by atoms with Crippen LogP contribution in [0.4, 0.5) is 3.29 Å². The molecular weight excluding hydrogens is 251 g/mol. The maximum atomic E-state index is 12.3. The van der Waals surface area contributed by atoms with Crippen LogP contribution >= 0.6 is 0 Å². The van der Waals surface area contributed by atoms with Crippen molar-refractivity contribution >= 4 is 29.2 Å². The van der Waals surface area contributed by atoms with E-state index in [1.165, 1.54) is 0 Å². The fourth-order valence-corrected chi connectivity index (χ4v) is 2.30. The number of hydrogen-bond acceptors (Lipinski definition) is 2. The third-order valence-corrected chi connectivity index (χ3v) is 3.03. The minimum absolute atomic E-state index is 0.571. The molecule has 1 radical (unpaired) electrons. The first-order valence-electron chi connectivity index (χ1n) is 4.68. The Labute approximate surface area is 96.3 Å². The van der Waals surface area contributed by atoms with Crippen molar-refractivity contribution in [3.8, 4) is 5.75 Å². The van der Waals surface area contributed by atoms with Gasteiger partial charge in [0.15, 0.2) is 0 Å². The van der Waals surface area contributed by atoms with E-state index in [0.717, 1.165) is 22.2 Å². The number of para-hydroxylation sites is 1. The van der Waals surface area contributed by atoms with Crippen LogP contribution in [0, 0.1) is 13.8 Å². The van der Waals surface area contributed by atoms with Gasteiger partial charge < -0.3 is 0 Å². The molecule has 2 nitrogen and oxygen atoms in total. The number of hydrogen-bond donors (Lipinski definition) is 0. The number of aromatic nitrogens is 1. The van der Waals surface area contributed by atoms with Gasteiger partial charge in [-0.3, -0.25) is 0 Å². The Bertz CT molecular complexity index is 501. The summed E-state index contributed by atoms with van der Waals surface area (Å²) >= 11 is -2.08. The van der Waals surface area contributed by atoms with E-state index in [1.54, 1.807) is 6.07 Å². The number of aryl methyl sites for hydroxylation is 2. The van der Waals surface area contributed by atoms with E-state index in [-0.39, 0.29) is 0 Å². The van der Waals surface area contributed by atoms with Gasteiger partial charge in [0.25, 0.3) is 0 Å². The van der Waals surface area contributed by atoms with Crippen molar-refractivity contribution in [1.29, 1.82) is 0 Å². The van der Waals surface area contributed by atoms with Crippen LogP contribution in [0.25, 0.3) is 10.9 Å². The summed E-state index contributed by atoms with van der Waals surface area (Å²) in [5.74, 6) is 0.571. The molecule has 15 heavy (non-hydrogen) atoms. The van der Waals surface area contributed by atoms with E-state index >= 15 is 0 Å². The Balaban J connectivity index is 2.73. The van der Waals surface area contributed by atoms with Crippen LogP contribution in [-0.4, -0.2) is 23.3 Å². The van der Waals surface area contributed by atoms with Crippen LogP contribution < -0.4 is 3.53 Å². The van der Waals surface area contributed by atoms with Crippen molar-refractivity contribution in [2.45, 2.75) is 13.8 Å². The summed E-state index contributed by atoms with van der Waals surface area (Å²) in [5.41, 5.74) is 2.84. The molecule has 0 spiro atoms. The summed E-state index contributed by atoms with van der Waals surface area (Å²) < 4.78 is 17.4. The Morgan fingerprint density at radius 3 is 2.87 bits per heavy atom. The first kappa shape index (κ1) is 10.5. The van der Waals surface area contributed by atoms with Crippen molar-refractivity contribution in [2.24, 2.45) is 0 Å². The molecule has 0 atom stereocenters. The fraction of sp³-hybridized carbons (Fsp3) is 0.182. The van der Waals surface area contributed by atoms with Gasteiger partial charge in [-0.25, -0.2) is 0 Å². The topological polar surface area (TPSA) is 22.1 Å². The van der Waals surface area contributed by atoms with Gasteiger partial charge in [-0.05, 0) is 0 Å². The molecule has 0 saturated heterocycles. The molecule has 75 valence electrons. The SMILES string of the molecule is Cc1cc(C)c2cccc([O][Ga][F])c2n1. The Morgan fingerprint density at radius 1 is 1.33 bits per heavy atom. The standard InChI is InChI=1S/C11H11NO.FH.Ga/c1-7-6-8(2)12-11-9(7)4-3-5-10(11)13;;/h3-6,13H,1-2H3;1H;/q;;+2/p-2. The van der Waals surface area contributed by atoms with Crippen molar-refractivity contribution in [2.75, 3.05) is 0 Å². The van der Waals surface area contributed by atoms with E-state index in [4.69, 9.17) is 3.53 Å². The molecule has 0 aliphatic rings. The number of rotatable bonds is 2. The van der Waals surface area contributed by atoms with Gasteiger partial charge in [0.1, 0.15) is 0 Å². The van der Waals surface area contributed by atoms with Crippen molar-refractivity contribution in [3.05, 3.63) is 35.5 Å². The van der Waals surface area contributed by atoms with E-state index in [0.29, 0.717) is 5.75 Å². The molecular formula is C11H10FGaNO. The molecule has 1 aromatic heterocycles. The first-order chi connectivity index (χ1) is 7.22. The summed E-state index contributed by atoms with van der Waals surface area (Å²) in [5, 5.41) is 1.03. The molecule has 0 N–H and O–H groups in total. The van der Waals surface area contributed by atoms with Crippen LogP contribution in [-0.2, 0) is 0 Å². The zero-order valence-electron chi connectivity index (χ0n) is 8.62. The third kappa shape index (κ3) is 2.01. The Kier molecular flexibility index (Phi) is 2.97. The molecule has 1 aromatic carbocycles. The van der Waals surface area contributed by atoms with Crippen molar-refractivity contribution in [3.63, 3.8) is 0 Å². The average molecular weight is 261 g/mol. The number of halogens is 1. The molecule has 0 aliphatic heterocycles. The van der Waals surface area contributed by atoms with Crippen LogP contribution in [0.5, 0.6) is 5.75 Å². The summed E-state index contributed by atoms with van der Waals surface area (Å²) in [6.07, 6.45) is 0. The van der Waals surface area contributed by atoms with Crippen molar-refractivity contribution < 1.29 is 6.81 Å². The van der Waals surface area contributed by atoms with Gasteiger partial charge in [0.2, 0.25) is 0 Å². The van der Waals surface area contributed by atoms with Gasteiger partial charge in [-0.15, -0.1) is 0 Å². The van der Waals surface area contributed by atoms with E-state index in [9.17, 15) is 3.29 Å². The number of fused-ring (bicyclic) bond motifs is 1. The molecule has 0 saturated carbocycles. The van der Waals surface area contributed by atoms with Gasteiger partial charge in [-0.2, -0.15) is 0 Å². The molecule has 2 rings (SSSR count). The second-order valence-electron chi connectivity index (χ2n) is 3.44. The second kappa shape index (κ2) is 4.24. The third-order valence-electron chi connectivity index (χ3n) is 2.31. The van der Waals surface area contributed by atoms with Crippen LogP contribution in [0.15, 0.2) is 24.3 Å². The summed E-state index contributed by atoms with van der Waals surface area (Å²) in [4.78, 5) is 4.39. The molecule has 1 heterocycles. The predicted molar refractivity (Wildman–Crippen MR) is 58.7 cm³/mol.